The molecular formula is C24H27N3O2. The summed E-state index contributed by atoms with van der Waals surface area (Å²) >= 11 is 0. The topological polar surface area (TPSA) is 53.0 Å². The lowest BCUT2D eigenvalue weighted by atomic mass is 10.0. The van der Waals surface area contributed by atoms with E-state index >= 15 is 0 Å². The molecule has 2 amide bonds. The molecule has 0 radical (unpaired) electrons. The molecule has 0 aliphatic carbocycles. The van der Waals surface area contributed by atoms with E-state index in [1.807, 2.05) is 53.4 Å². The van der Waals surface area contributed by atoms with Crippen molar-refractivity contribution < 1.29 is 9.59 Å². The van der Waals surface area contributed by atoms with E-state index in [0.717, 1.165) is 43.5 Å². The second kappa shape index (κ2) is 9.03. The third kappa shape index (κ3) is 4.73. The first-order valence-corrected chi connectivity index (χ1v) is 10.5. The molecule has 2 aromatic rings. The molecular weight excluding hydrogens is 362 g/mol. The second-order valence-corrected chi connectivity index (χ2v) is 7.75. The molecule has 0 bridgehead atoms. The van der Waals surface area contributed by atoms with Crippen molar-refractivity contribution in [3.63, 3.8) is 0 Å². The number of likely N-dealkylation sites (tertiary alicyclic amines) is 1. The molecule has 150 valence electrons. The van der Waals surface area contributed by atoms with Crippen LogP contribution in [-0.2, 0) is 16.0 Å². The number of hydrazone groups is 1. The van der Waals surface area contributed by atoms with Gasteiger partial charge in [0.2, 0.25) is 11.8 Å². The van der Waals surface area contributed by atoms with Crippen LogP contribution >= 0.6 is 0 Å². The van der Waals surface area contributed by atoms with Crippen LogP contribution in [0.25, 0.3) is 0 Å². The van der Waals surface area contributed by atoms with Crippen molar-refractivity contribution in [2.75, 3.05) is 13.1 Å². The Labute approximate surface area is 172 Å². The van der Waals surface area contributed by atoms with Crippen LogP contribution in [0.4, 0.5) is 0 Å². The summed E-state index contributed by atoms with van der Waals surface area (Å²) in [5.74, 6) is 0.0197. The minimum Gasteiger partial charge on any atom is -0.339 e. The van der Waals surface area contributed by atoms with Crippen molar-refractivity contribution in [1.82, 2.24) is 9.91 Å². The quantitative estimate of drug-likeness (QED) is 0.757. The molecule has 0 spiro atoms. The van der Waals surface area contributed by atoms with Gasteiger partial charge >= 0.3 is 0 Å². The molecule has 0 saturated carbocycles. The highest BCUT2D eigenvalue weighted by Gasteiger charge is 2.29. The van der Waals surface area contributed by atoms with Crippen LogP contribution in [0.5, 0.6) is 0 Å². The zero-order valence-corrected chi connectivity index (χ0v) is 16.7. The van der Waals surface area contributed by atoms with Crippen molar-refractivity contribution in [1.29, 1.82) is 0 Å². The first-order chi connectivity index (χ1) is 14.2. The van der Waals surface area contributed by atoms with Crippen molar-refractivity contribution in [3.8, 4) is 0 Å². The lowest BCUT2D eigenvalue weighted by Crippen LogP contribution is -2.37. The zero-order valence-electron chi connectivity index (χ0n) is 16.7. The largest absolute Gasteiger partial charge is 0.339 e. The highest BCUT2D eigenvalue weighted by atomic mass is 16.2. The normalized spacial score (nSPS) is 18.8. The average molecular weight is 389 g/mol. The van der Waals surface area contributed by atoms with Crippen molar-refractivity contribution in [2.45, 2.75) is 44.6 Å². The standard InChI is InChI=1S/C24H27N3O2/c28-23(26-16-7-12-21(26)18-19-8-3-1-4-9-19)13-14-24(29)27-17-15-22(25-27)20-10-5-2-6-11-20/h1-6,8-11,21H,7,12-18H2. The molecule has 1 unspecified atom stereocenters. The molecule has 5 heteroatoms. The number of hydrogen-bond donors (Lipinski definition) is 0. The van der Waals surface area contributed by atoms with Gasteiger partial charge in [0, 0.05) is 31.8 Å². The molecule has 1 saturated heterocycles. The number of hydrogen-bond acceptors (Lipinski definition) is 3. The van der Waals surface area contributed by atoms with Crippen LogP contribution < -0.4 is 0 Å². The van der Waals surface area contributed by atoms with Gasteiger partial charge in [-0.05, 0) is 30.4 Å². The maximum absolute atomic E-state index is 12.8. The van der Waals surface area contributed by atoms with Gasteiger partial charge in [0.25, 0.3) is 0 Å². The first kappa shape index (κ1) is 19.4. The summed E-state index contributed by atoms with van der Waals surface area (Å²) in [5, 5.41) is 6.01. The molecule has 1 fully saturated rings. The van der Waals surface area contributed by atoms with E-state index in [1.54, 1.807) is 0 Å². The summed E-state index contributed by atoms with van der Waals surface area (Å²) in [7, 11) is 0. The Balaban J connectivity index is 1.30. The highest BCUT2D eigenvalue weighted by molar-refractivity contribution is 6.02. The second-order valence-electron chi connectivity index (χ2n) is 7.75. The van der Waals surface area contributed by atoms with E-state index in [0.29, 0.717) is 6.54 Å². The van der Waals surface area contributed by atoms with Gasteiger partial charge in [0.05, 0.1) is 12.3 Å². The fraction of sp³-hybridized carbons (Fsp3) is 0.375. The SMILES string of the molecule is O=C(CCC(=O)N1CCCC1Cc1ccccc1)N1CCC(c2ccccc2)=N1. The van der Waals surface area contributed by atoms with Gasteiger partial charge in [0.1, 0.15) is 0 Å². The molecule has 4 rings (SSSR count). The number of rotatable bonds is 6. The Morgan fingerprint density at radius 3 is 2.34 bits per heavy atom. The van der Waals surface area contributed by atoms with E-state index in [-0.39, 0.29) is 30.7 Å². The molecule has 0 N–H and O–H groups in total. The van der Waals surface area contributed by atoms with Gasteiger partial charge in [-0.1, -0.05) is 60.7 Å². The van der Waals surface area contributed by atoms with Gasteiger partial charge in [-0.15, -0.1) is 0 Å². The monoisotopic (exact) mass is 389 g/mol. The van der Waals surface area contributed by atoms with Crippen LogP contribution in [0, 0.1) is 0 Å². The fourth-order valence-electron chi connectivity index (χ4n) is 4.22. The fourth-order valence-corrected chi connectivity index (χ4v) is 4.22. The third-order valence-corrected chi connectivity index (χ3v) is 5.76. The van der Waals surface area contributed by atoms with Gasteiger partial charge in [-0.2, -0.15) is 5.10 Å². The maximum Gasteiger partial charge on any atom is 0.243 e. The van der Waals surface area contributed by atoms with E-state index in [4.69, 9.17) is 0 Å². The van der Waals surface area contributed by atoms with Gasteiger partial charge in [-0.25, -0.2) is 5.01 Å². The molecule has 2 aliphatic heterocycles. The zero-order chi connectivity index (χ0) is 20.1. The maximum atomic E-state index is 12.8. The molecule has 2 heterocycles. The Morgan fingerprint density at radius 2 is 1.59 bits per heavy atom. The van der Waals surface area contributed by atoms with E-state index in [2.05, 4.69) is 17.2 Å². The highest BCUT2D eigenvalue weighted by Crippen LogP contribution is 2.23. The van der Waals surface area contributed by atoms with E-state index in [9.17, 15) is 9.59 Å². The molecule has 1 atom stereocenters. The van der Waals surface area contributed by atoms with E-state index in [1.165, 1.54) is 10.6 Å². The smallest absolute Gasteiger partial charge is 0.243 e. The van der Waals surface area contributed by atoms with E-state index < -0.39 is 0 Å². The van der Waals surface area contributed by atoms with Gasteiger partial charge in [0.15, 0.2) is 0 Å². The van der Waals surface area contributed by atoms with Gasteiger partial charge in [-0.3, -0.25) is 9.59 Å². The number of carbonyl (C=O) groups excluding carboxylic acids is 2. The average Bonchev–Trinajstić information content (AvgIpc) is 3.43. The summed E-state index contributed by atoms with van der Waals surface area (Å²) in [6.45, 7) is 1.39. The lowest BCUT2D eigenvalue weighted by molar-refractivity contribution is -0.137. The first-order valence-electron chi connectivity index (χ1n) is 10.5. The van der Waals surface area contributed by atoms with Crippen molar-refractivity contribution in [2.24, 2.45) is 5.10 Å². The minimum atomic E-state index is -0.0666. The third-order valence-electron chi connectivity index (χ3n) is 5.76. The predicted octanol–water partition coefficient (Wildman–Crippen LogP) is 3.64. The van der Waals surface area contributed by atoms with Crippen LogP contribution in [0.2, 0.25) is 0 Å². The number of amides is 2. The van der Waals surface area contributed by atoms with Crippen molar-refractivity contribution >= 4 is 17.5 Å². The summed E-state index contributed by atoms with van der Waals surface area (Å²) in [6, 6.07) is 20.5. The van der Waals surface area contributed by atoms with Crippen LogP contribution in [0.1, 0.15) is 43.2 Å². The summed E-state index contributed by atoms with van der Waals surface area (Å²) < 4.78 is 0. The Morgan fingerprint density at radius 1 is 0.897 bits per heavy atom. The number of benzene rings is 2. The molecule has 2 aromatic carbocycles. The van der Waals surface area contributed by atoms with Crippen LogP contribution in [0.15, 0.2) is 65.8 Å². The minimum absolute atomic E-state index is 0.0666. The summed E-state index contributed by atoms with van der Waals surface area (Å²) in [5.41, 5.74) is 3.25. The van der Waals surface area contributed by atoms with Crippen molar-refractivity contribution in [3.05, 3.63) is 71.8 Å². The Kier molecular flexibility index (Phi) is 6.03. The number of nitrogens with zero attached hydrogens (tertiary/aromatic N) is 3. The molecule has 5 nitrogen and oxygen atoms in total. The Bertz CT molecular complexity index is 880. The molecule has 29 heavy (non-hydrogen) atoms. The van der Waals surface area contributed by atoms with Crippen LogP contribution in [0.3, 0.4) is 0 Å². The summed E-state index contributed by atoms with van der Waals surface area (Å²) in [6.07, 6.45) is 4.20. The molecule has 0 aromatic heterocycles. The number of carbonyl (C=O) groups is 2. The lowest BCUT2D eigenvalue weighted by Gasteiger charge is -2.25. The predicted molar refractivity (Wildman–Crippen MR) is 113 cm³/mol. The Hall–Kier alpha value is -2.95. The summed E-state index contributed by atoms with van der Waals surface area (Å²) in [4.78, 5) is 27.3. The van der Waals surface area contributed by atoms with Gasteiger partial charge < -0.3 is 4.90 Å². The van der Waals surface area contributed by atoms with Crippen LogP contribution in [-0.4, -0.2) is 46.6 Å². The molecule has 2 aliphatic rings.